The Kier molecular flexibility index (Phi) is 10.4. The van der Waals surface area contributed by atoms with Crippen molar-refractivity contribution in [1.29, 1.82) is 0 Å². The Morgan fingerprint density at radius 1 is 1.14 bits per heavy atom. The Labute approximate surface area is 128 Å². The average molecular weight is 299 g/mol. The molecule has 122 valence electrons. The third-order valence-corrected chi connectivity index (χ3v) is 2.79. The molecule has 5 heteroatoms. The number of carbonyl (C=O) groups excluding carboxylic acids is 2. The summed E-state index contributed by atoms with van der Waals surface area (Å²) < 4.78 is 10.1. The quantitative estimate of drug-likeness (QED) is 0.382. The monoisotopic (exact) mass is 299 g/mol. The average Bonchev–Trinajstić information content (AvgIpc) is 2.39. The summed E-state index contributed by atoms with van der Waals surface area (Å²) in [5.41, 5.74) is 0. The lowest BCUT2D eigenvalue weighted by atomic mass is 10.0. The normalized spacial score (nSPS) is 12.1. The van der Waals surface area contributed by atoms with Crippen molar-refractivity contribution in [3.05, 3.63) is 12.7 Å². The van der Waals surface area contributed by atoms with Crippen molar-refractivity contribution in [3.63, 3.8) is 0 Å². The van der Waals surface area contributed by atoms with Crippen LogP contribution in [0.3, 0.4) is 0 Å². The molecule has 1 unspecified atom stereocenters. The van der Waals surface area contributed by atoms with Crippen LogP contribution in [0.1, 0.15) is 47.0 Å². The number of carbonyl (C=O) groups is 2. The summed E-state index contributed by atoms with van der Waals surface area (Å²) in [5, 5.41) is 2.55. The van der Waals surface area contributed by atoms with Crippen molar-refractivity contribution in [3.8, 4) is 0 Å². The fourth-order valence-electron chi connectivity index (χ4n) is 1.77. The molecule has 0 fully saturated rings. The smallest absolute Gasteiger partial charge is 0.408 e. The minimum Gasteiger partial charge on any atom is -0.464 e. The molecule has 0 rings (SSSR count). The van der Waals surface area contributed by atoms with E-state index in [1.165, 1.54) is 6.08 Å². The zero-order valence-electron chi connectivity index (χ0n) is 13.7. The molecule has 0 aromatic rings. The highest BCUT2D eigenvalue weighted by atomic mass is 16.6. The molecule has 1 N–H and O–H groups in total. The van der Waals surface area contributed by atoms with Crippen LogP contribution in [0, 0.1) is 11.8 Å². The SMILES string of the molecule is C=CCOC(=O)NC(CC(C)C)C(=O)OCCCC(C)C. The van der Waals surface area contributed by atoms with E-state index >= 15 is 0 Å². The van der Waals surface area contributed by atoms with E-state index in [1.54, 1.807) is 0 Å². The van der Waals surface area contributed by atoms with Gasteiger partial charge in [-0.2, -0.15) is 0 Å². The second-order valence-corrected chi connectivity index (χ2v) is 5.92. The Morgan fingerprint density at radius 2 is 1.81 bits per heavy atom. The molecule has 0 aromatic heterocycles. The van der Waals surface area contributed by atoms with E-state index in [2.05, 4.69) is 25.7 Å². The molecule has 0 saturated heterocycles. The number of hydrogen-bond acceptors (Lipinski definition) is 4. The molecule has 0 spiro atoms. The van der Waals surface area contributed by atoms with Gasteiger partial charge in [-0.05, 0) is 31.1 Å². The first kappa shape index (κ1) is 19.5. The molecule has 0 aliphatic heterocycles. The van der Waals surface area contributed by atoms with Crippen LogP contribution in [0.5, 0.6) is 0 Å². The summed E-state index contributed by atoms with van der Waals surface area (Å²) in [4.78, 5) is 23.5. The van der Waals surface area contributed by atoms with Gasteiger partial charge >= 0.3 is 12.1 Å². The summed E-state index contributed by atoms with van der Waals surface area (Å²) in [5.74, 6) is 0.447. The number of hydrogen-bond donors (Lipinski definition) is 1. The topological polar surface area (TPSA) is 64.6 Å². The first-order valence-electron chi connectivity index (χ1n) is 7.57. The van der Waals surface area contributed by atoms with Gasteiger partial charge in [-0.1, -0.05) is 40.3 Å². The fourth-order valence-corrected chi connectivity index (χ4v) is 1.77. The van der Waals surface area contributed by atoms with E-state index in [0.717, 1.165) is 12.8 Å². The predicted octanol–water partition coefficient (Wildman–Crippen LogP) is 3.29. The molecule has 21 heavy (non-hydrogen) atoms. The molecule has 0 bridgehead atoms. The van der Waals surface area contributed by atoms with Crippen molar-refractivity contribution >= 4 is 12.1 Å². The molecule has 1 atom stereocenters. The van der Waals surface area contributed by atoms with Crippen molar-refractivity contribution in [1.82, 2.24) is 5.32 Å². The van der Waals surface area contributed by atoms with Crippen LogP contribution in [0.15, 0.2) is 12.7 Å². The van der Waals surface area contributed by atoms with Gasteiger partial charge in [0, 0.05) is 0 Å². The number of amides is 1. The lowest BCUT2D eigenvalue weighted by Crippen LogP contribution is -2.43. The number of nitrogens with one attached hydrogen (secondary N) is 1. The summed E-state index contributed by atoms with van der Waals surface area (Å²) in [6.07, 6.45) is 3.21. The van der Waals surface area contributed by atoms with Crippen LogP contribution in [-0.2, 0) is 14.3 Å². The highest BCUT2D eigenvalue weighted by Gasteiger charge is 2.23. The maximum absolute atomic E-state index is 12.0. The van der Waals surface area contributed by atoms with Gasteiger partial charge in [-0.15, -0.1) is 0 Å². The van der Waals surface area contributed by atoms with Crippen molar-refractivity contribution in [2.45, 2.75) is 53.0 Å². The standard InChI is InChI=1S/C16H29NO4/c1-6-9-21-16(19)17-14(11-13(4)5)15(18)20-10-7-8-12(2)3/h6,12-14H,1,7-11H2,2-5H3,(H,17,19). The number of esters is 1. The molecule has 0 heterocycles. The lowest BCUT2D eigenvalue weighted by Gasteiger charge is -2.19. The molecule has 0 radical (unpaired) electrons. The highest BCUT2D eigenvalue weighted by molar-refractivity contribution is 5.81. The molecule has 0 aliphatic carbocycles. The number of ether oxygens (including phenoxy) is 2. The fraction of sp³-hybridized carbons (Fsp3) is 0.750. The van der Waals surface area contributed by atoms with Crippen LogP contribution in [0.25, 0.3) is 0 Å². The molecule has 1 amide bonds. The van der Waals surface area contributed by atoms with Gasteiger partial charge in [0.05, 0.1) is 6.61 Å². The van der Waals surface area contributed by atoms with Crippen molar-refractivity contribution < 1.29 is 19.1 Å². The minimum atomic E-state index is -0.665. The van der Waals surface area contributed by atoms with Crippen LogP contribution in [0.2, 0.25) is 0 Å². The van der Waals surface area contributed by atoms with E-state index in [-0.39, 0.29) is 12.5 Å². The summed E-state index contributed by atoms with van der Waals surface area (Å²) in [6, 6.07) is -0.665. The third kappa shape index (κ3) is 10.9. The Hall–Kier alpha value is -1.52. The van der Waals surface area contributed by atoms with Crippen molar-refractivity contribution in [2.24, 2.45) is 11.8 Å². The van der Waals surface area contributed by atoms with Crippen molar-refractivity contribution in [2.75, 3.05) is 13.2 Å². The maximum atomic E-state index is 12.0. The Morgan fingerprint density at radius 3 is 2.33 bits per heavy atom. The summed E-state index contributed by atoms with van der Waals surface area (Å²) >= 11 is 0. The van der Waals surface area contributed by atoms with Gasteiger partial charge in [-0.3, -0.25) is 0 Å². The molecule has 5 nitrogen and oxygen atoms in total. The summed E-state index contributed by atoms with van der Waals surface area (Å²) in [6.45, 7) is 12.2. The van der Waals surface area contributed by atoms with E-state index < -0.39 is 18.1 Å². The van der Waals surface area contributed by atoms with Crippen LogP contribution in [-0.4, -0.2) is 31.3 Å². The Balaban J connectivity index is 4.28. The second-order valence-electron chi connectivity index (χ2n) is 5.92. The largest absolute Gasteiger partial charge is 0.464 e. The van der Waals surface area contributed by atoms with E-state index in [4.69, 9.17) is 9.47 Å². The highest BCUT2D eigenvalue weighted by Crippen LogP contribution is 2.08. The second kappa shape index (κ2) is 11.2. The minimum absolute atomic E-state index is 0.115. The van der Waals surface area contributed by atoms with Gasteiger partial charge in [-0.25, -0.2) is 9.59 Å². The molecular weight excluding hydrogens is 270 g/mol. The van der Waals surface area contributed by atoms with E-state index in [0.29, 0.717) is 18.9 Å². The molecular formula is C16H29NO4. The van der Waals surface area contributed by atoms with Crippen LogP contribution < -0.4 is 5.32 Å². The molecule has 0 aliphatic rings. The molecule has 0 aromatic carbocycles. The lowest BCUT2D eigenvalue weighted by molar-refractivity contribution is -0.146. The third-order valence-electron chi connectivity index (χ3n) is 2.79. The van der Waals surface area contributed by atoms with Crippen LogP contribution >= 0.6 is 0 Å². The van der Waals surface area contributed by atoms with Gasteiger partial charge in [0.1, 0.15) is 12.6 Å². The molecule has 0 saturated carbocycles. The van der Waals surface area contributed by atoms with Crippen LogP contribution in [0.4, 0.5) is 4.79 Å². The van der Waals surface area contributed by atoms with Gasteiger partial charge in [0.2, 0.25) is 0 Å². The van der Waals surface area contributed by atoms with E-state index in [1.807, 2.05) is 13.8 Å². The first-order chi connectivity index (χ1) is 9.86. The summed E-state index contributed by atoms with van der Waals surface area (Å²) in [7, 11) is 0. The number of alkyl carbamates (subject to hydrolysis) is 1. The first-order valence-corrected chi connectivity index (χ1v) is 7.57. The van der Waals surface area contributed by atoms with Gasteiger partial charge in [0.15, 0.2) is 0 Å². The zero-order valence-corrected chi connectivity index (χ0v) is 13.7. The maximum Gasteiger partial charge on any atom is 0.408 e. The van der Waals surface area contributed by atoms with Gasteiger partial charge in [0.25, 0.3) is 0 Å². The zero-order chi connectivity index (χ0) is 16.3. The van der Waals surface area contributed by atoms with E-state index in [9.17, 15) is 9.59 Å². The van der Waals surface area contributed by atoms with Gasteiger partial charge < -0.3 is 14.8 Å². The Bertz CT molecular complexity index is 326. The predicted molar refractivity (Wildman–Crippen MR) is 83.0 cm³/mol. The number of rotatable bonds is 10.